The van der Waals surface area contributed by atoms with Crippen LogP contribution in [0.4, 0.5) is 5.69 Å². The van der Waals surface area contributed by atoms with E-state index in [1.807, 2.05) is 30.3 Å². The van der Waals surface area contributed by atoms with Crippen molar-refractivity contribution in [3.05, 3.63) is 94.0 Å². The van der Waals surface area contributed by atoms with Gasteiger partial charge in [-0.2, -0.15) is 0 Å². The largest absolute Gasteiger partial charge is 0.466 e. The van der Waals surface area contributed by atoms with Crippen LogP contribution in [0.3, 0.4) is 0 Å². The van der Waals surface area contributed by atoms with Gasteiger partial charge in [0.15, 0.2) is 6.23 Å². The molecule has 1 amide bonds. The second-order valence-corrected chi connectivity index (χ2v) is 5.89. The molecule has 1 aliphatic heterocycles. The van der Waals surface area contributed by atoms with Gasteiger partial charge in [-0.3, -0.25) is 14.9 Å². The maximum absolute atomic E-state index is 12.3. The first-order valence-electron chi connectivity index (χ1n) is 8.19. The Labute approximate surface area is 154 Å². The summed E-state index contributed by atoms with van der Waals surface area (Å²) in [6.45, 7) is 0. The molecular formula is C20H14N2O5. The number of amides is 1. The second-order valence-electron chi connectivity index (χ2n) is 5.89. The lowest BCUT2D eigenvalue weighted by Gasteiger charge is -2.26. The second kappa shape index (κ2) is 6.80. The highest BCUT2D eigenvalue weighted by Crippen LogP contribution is 2.32. The summed E-state index contributed by atoms with van der Waals surface area (Å²) in [5.41, 5.74) is 0.714. The van der Waals surface area contributed by atoms with Crippen LogP contribution in [0, 0.1) is 10.1 Å². The van der Waals surface area contributed by atoms with E-state index in [1.165, 1.54) is 18.2 Å². The monoisotopic (exact) mass is 362 g/mol. The molecule has 0 radical (unpaired) electrons. The lowest BCUT2D eigenvalue weighted by molar-refractivity contribution is -0.384. The maximum atomic E-state index is 12.3. The number of para-hydroxylation sites is 1. The van der Waals surface area contributed by atoms with E-state index in [-0.39, 0.29) is 11.3 Å². The van der Waals surface area contributed by atoms with Gasteiger partial charge in [0.25, 0.3) is 11.6 Å². The van der Waals surface area contributed by atoms with E-state index in [0.717, 1.165) is 11.3 Å². The third-order valence-electron chi connectivity index (χ3n) is 4.09. The fraction of sp³-hybridized carbons (Fsp3) is 0.0500. The molecule has 1 unspecified atom stereocenters. The smallest absolute Gasteiger partial charge is 0.270 e. The molecule has 1 N–H and O–H groups in total. The molecular weight excluding hydrogens is 348 g/mol. The summed E-state index contributed by atoms with van der Waals surface area (Å²) in [6, 6.07) is 20.5. The Morgan fingerprint density at radius 1 is 0.963 bits per heavy atom. The van der Waals surface area contributed by atoms with Crippen LogP contribution >= 0.6 is 0 Å². The Balaban J connectivity index is 1.53. The zero-order valence-electron chi connectivity index (χ0n) is 14.0. The molecule has 0 aromatic heterocycles. The topological polar surface area (TPSA) is 90.7 Å². The average Bonchev–Trinajstić information content (AvgIpc) is 2.69. The highest BCUT2D eigenvalue weighted by molar-refractivity contribution is 5.98. The molecule has 0 saturated carbocycles. The first kappa shape index (κ1) is 16.6. The number of nitro groups is 1. The lowest BCUT2D eigenvalue weighted by Crippen LogP contribution is -2.36. The molecule has 27 heavy (non-hydrogen) atoms. The molecule has 0 spiro atoms. The minimum absolute atomic E-state index is 0.143. The molecule has 1 heterocycles. The fourth-order valence-corrected chi connectivity index (χ4v) is 2.75. The number of rotatable bonds is 4. The van der Waals surface area contributed by atoms with Crippen LogP contribution < -0.4 is 14.8 Å². The molecule has 3 aromatic rings. The van der Waals surface area contributed by atoms with E-state index >= 15 is 0 Å². The minimum atomic E-state index is -0.683. The molecule has 0 bridgehead atoms. The molecule has 0 saturated heterocycles. The van der Waals surface area contributed by atoms with E-state index < -0.39 is 17.1 Å². The summed E-state index contributed by atoms with van der Waals surface area (Å²) < 4.78 is 11.5. The van der Waals surface area contributed by atoms with Gasteiger partial charge in [0, 0.05) is 17.7 Å². The van der Waals surface area contributed by atoms with Crippen LogP contribution in [0.1, 0.15) is 22.1 Å². The summed E-state index contributed by atoms with van der Waals surface area (Å²) in [5.74, 6) is 1.26. The number of ether oxygens (including phenoxy) is 2. The lowest BCUT2D eigenvalue weighted by atomic mass is 10.1. The molecule has 1 atom stereocenters. The Morgan fingerprint density at radius 2 is 1.67 bits per heavy atom. The van der Waals surface area contributed by atoms with Crippen molar-refractivity contribution in [3.63, 3.8) is 0 Å². The number of nitrogens with one attached hydrogen (secondary N) is 1. The standard InChI is InChI=1S/C20H14N2O5/c23-19-17-12-14(22(24)25)8-11-18(17)27-20(21-19)13-6-9-16(10-7-13)26-15-4-2-1-3-5-15/h1-12,20H,(H,21,23). The number of fused-ring (bicyclic) bond motifs is 1. The summed E-state index contributed by atoms with van der Waals surface area (Å²) in [5, 5.41) is 13.6. The van der Waals surface area contributed by atoms with E-state index in [4.69, 9.17) is 9.47 Å². The number of nitrogens with zero attached hydrogens (tertiary/aromatic N) is 1. The van der Waals surface area contributed by atoms with Crippen LogP contribution in [0.15, 0.2) is 72.8 Å². The zero-order valence-corrected chi connectivity index (χ0v) is 14.0. The number of hydrogen-bond donors (Lipinski definition) is 1. The van der Waals surface area contributed by atoms with Crippen LogP contribution in [-0.4, -0.2) is 10.8 Å². The van der Waals surface area contributed by atoms with Crippen molar-refractivity contribution < 1.29 is 19.2 Å². The number of carbonyl (C=O) groups excluding carboxylic acids is 1. The van der Waals surface area contributed by atoms with Crippen molar-refractivity contribution in [2.45, 2.75) is 6.23 Å². The molecule has 7 heteroatoms. The van der Waals surface area contributed by atoms with Gasteiger partial charge < -0.3 is 14.8 Å². The van der Waals surface area contributed by atoms with E-state index in [1.54, 1.807) is 24.3 Å². The van der Waals surface area contributed by atoms with Crippen LogP contribution in [0.25, 0.3) is 0 Å². The summed E-state index contributed by atoms with van der Waals surface area (Å²) in [7, 11) is 0. The number of hydrogen-bond acceptors (Lipinski definition) is 5. The fourth-order valence-electron chi connectivity index (χ4n) is 2.75. The Kier molecular flexibility index (Phi) is 4.18. The van der Waals surface area contributed by atoms with Gasteiger partial charge in [0.05, 0.1) is 10.5 Å². The van der Waals surface area contributed by atoms with Gasteiger partial charge in [-0.05, 0) is 42.5 Å². The summed E-state index contributed by atoms with van der Waals surface area (Å²) in [4.78, 5) is 22.6. The third kappa shape index (κ3) is 3.43. The molecule has 3 aromatic carbocycles. The third-order valence-corrected chi connectivity index (χ3v) is 4.09. The Bertz CT molecular complexity index is 1000. The van der Waals surface area contributed by atoms with Gasteiger partial charge >= 0.3 is 0 Å². The SMILES string of the molecule is O=C1NC(c2ccc(Oc3ccccc3)cc2)Oc2ccc([N+](=O)[O-])cc21. The van der Waals surface area contributed by atoms with Gasteiger partial charge in [-0.25, -0.2) is 0 Å². The number of carbonyl (C=O) groups is 1. The number of non-ortho nitro benzene ring substituents is 1. The number of benzene rings is 3. The molecule has 1 aliphatic rings. The van der Waals surface area contributed by atoms with Crippen LogP contribution in [-0.2, 0) is 0 Å². The predicted octanol–water partition coefficient (Wildman–Crippen LogP) is 4.21. The first-order valence-corrected chi connectivity index (χ1v) is 8.19. The first-order chi connectivity index (χ1) is 13.1. The Hall–Kier alpha value is -3.87. The summed E-state index contributed by atoms with van der Waals surface area (Å²) >= 11 is 0. The Morgan fingerprint density at radius 3 is 2.37 bits per heavy atom. The summed E-state index contributed by atoms with van der Waals surface area (Å²) in [6.07, 6.45) is -0.683. The molecule has 4 rings (SSSR count). The predicted molar refractivity (Wildman–Crippen MR) is 96.9 cm³/mol. The molecule has 7 nitrogen and oxygen atoms in total. The normalized spacial score (nSPS) is 15.3. The van der Waals surface area contributed by atoms with Crippen molar-refractivity contribution in [2.24, 2.45) is 0 Å². The molecule has 134 valence electrons. The van der Waals surface area contributed by atoms with Crippen molar-refractivity contribution >= 4 is 11.6 Å². The van der Waals surface area contributed by atoms with Crippen molar-refractivity contribution in [3.8, 4) is 17.2 Å². The molecule has 0 aliphatic carbocycles. The highest BCUT2D eigenvalue weighted by atomic mass is 16.6. The zero-order chi connectivity index (χ0) is 18.8. The molecule has 0 fully saturated rings. The van der Waals surface area contributed by atoms with Gasteiger partial charge in [-0.15, -0.1) is 0 Å². The van der Waals surface area contributed by atoms with Crippen LogP contribution in [0.5, 0.6) is 17.2 Å². The van der Waals surface area contributed by atoms with E-state index in [2.05, 4.69) is 5.32 Å². The van der Waals surface area contributed by atoms with Gasteiger partial charge in [0.1, 0.15) is 17.2 Å². The highest BCUT2D eigenvalue weighted by Gasteiger charge is 2.28. The van der Waals surface area contributed by atoms with Crippen molar-refractivity contribution in [1.82, 2.24) is 5.32 Å². The maximum Gasteiger partial charge on any atom is 0.270 e. The quantitative estimate of drug-likeness (QED) is 0.555. The van der Waals surface area contributed by atoms with Gasteiger partial charge in [-0.1, -0.05) is 18.2 Å². The van der Waals surface area contributed by atoms with Crippen molar-refractivity contribution in [1.29, 1.82) is 0 Å². The van der Waals surface area contributed by atoms with Gasteiger partial charge in [0.2, 0.25) is 0 Å². The minimum Gasteiger partial charge on any atom is -0.466 e. The average molecular weight is 362 g/mol. The number of nitro benzene ring substituents is 1. The van der Waals surface area contributed by atoms with Crippen LogP contribution in [0.2, 0.25) is 0 Å². The van der Waals surface area contributed by atoms with E-state index in [9.17, 15) is 14.9 Å². The van der Waals surface area contributed by atoms with E-state index in [0.29, 0.717) is 11.5 Å². The van der Waals surface area contributed by atoms with Crippen molar-refractivity contribution in [2.75, 3.05) is 0 Å².